The minimum atomic E-state index is -1.50. The van der Waals surface area contributed by atoms with E-state index in [0.717, 1.165) is 12.1 Å². The monoisotopic (exact) mass is 261 g/mol. The molecule has 1 rings (SSSR count). The predicted molar refractivity (Wildman–Crippen MR) is 65.8 cm³/mol. The number of nitrogens with two attached hydrogens (primary N) is 1. The molecule has 0 saturated carbocycles. The van der Waals surface area contributed by atoms with Crippen LogP contribution < -0.4 is 5.14 Å². The smallest absolute Gasteiger partial charge is 0.126 e. The van der Waals surface area contributed by atoms with Gasteiger partial charge in [0.1, 0.15) is 11.6 Å². The predicted octanol–water partition coefficient (Wildman–Crippen LogP) is 2.86. The molecule has 0 heterocycles. The van der Waals surface area contributed by atoms with Gasteiger partial charge in [-0.2, -0.15) is 0 Å². The Balaban J connectivity index is 2.94. The minimum Gasteiger partial charge on any atom is -0.251 e. The molecular formula is C12H17F2NOS. The lowest BCUT2D eigenvalue weighted by Gasteiger charge is -2.25. The van der Waals surface area contributed by atoms with Crippen LogP contribution >= 0.6 is 0 Å². The van der Waals surface area contributed by atoms with Gasteiger partial charge < -0.3 is 0 Å². The molecule has 0 aliphatic rings. The van der Waals surface area contributed by atoms with Crippen LogP contribution in [0.15, 0.2) is 18.2 Å². The van der Waals surface area contributed by atoms with Crippen LogP contribution in [0.5, 0.6) is 0 Å². The molecule has 1 aromatic rings. The van der Waals surface area contributed by atoms with Crippen molar-refractivity contribution in [3.05, 3.63) is 35.4 Å². The van der Waals surface area contributed by atoms with Gasteiger partial charge in [-0.25, -0.2) is 13.0 Å². The second-order valence-corrected chi connectivity index (χ2v) is 6.53. The van der Waals surface area contributed by atoms with E-state index in [4.69, 9.17) is 5.14 Å². The average Bonchev–Trinajstić information content (AvgIpc) is 2.20. The lowest BCUT2D eigenvalue weighted by atomic mass is 9.91. The molecule has 1 aromatic carbocycles. The molecule has 0 radical (unpaired) electrons. The van der Waals surface area contributed by atoms with Gasteiger partial charge in [-0.3, -0.25) is 5.14 Å². The Morgan fingerprint density at radius 1 is 1.41 bits per heavy atom. The van der Waals surface area contributed by atoms with Gasteiger partial charge >= 0.3 is 0 Å². The topological polar surface area (TPSA) is 43.1 Å². The largest absolute Gasteiger partial charge is 0.251 e. The highest BCUT2D eigenvalue weighted by Crippen LogP contribution is 2.30. The van der Waals surface area contributed by atoms with Crippen molar-refractivity contribution in [1.82, 2.24) is 0 Å². The number of halogens is 2. The lowest BCUT2D eigenvalue weighted by molar-refractivity contribution is 0.510. The third kappa shape index (κ3) is 3.57. The van der Waals surface area contributed by atoms with Crippen LogP contribution in [-0.4, -0.2) is 8.96 Å². The lowest BCUT2D eigenvalue weighted by Crippen LogP contribution is -2.33. The molecule has 5 heteroatoms. The number of hydrogen-bond donors (Lipinski definition) is 1. The van der Waals surface area contributed by atoms with Crippen molar-refractivity contribution in [2.45, 2.75) is 37.9 Å². The molecule has 0 spiro atoms. The maximum absolute atomic E-state index is 13.5. The summed E-state index contributed by atoms with van der Waals surface area (Å²) in [5, 5.41) is 5.37. The quantitative estimate of drug-likeness (QED) is 0.889. The van der Waals surface area contributed by atoms with Gasteiger partial charge in [0.2, 0.25) is 0 Å². The second kappa shape index (κ2) is 5.23. The van der Waals surface area contributed by atoms with E-state index in [-0.39, 0.29) is 5.92 Å². The summed E-state index contributed by atoms with van der Waals surface area (Å²) in [7, 11) is -1.50. The Bertz CT molecular complexity index is 435. The number of rotatable bonds is 4. The molecular weight excluding hydrogens is 244 g/mol. The van der Waals surface area contributed by atoms with E-state index in [9.17, 15) is 13.0 Å². The first-order valence-corrected chi connectivity index (χ1v) is 6.56. The van der Waals surface area contributed by atoms with Gasteiger partial charge in [0.15, 0.2) is 0 Å². The van der Waals surface area contributed by atoms with Crippen LogP contribution in [0.2, 0.25) is 0 Å². The molecule has 0 fully saturated rings. The van der Waals surface area contributed by atoms with Crippen LogP contribution in [0, 0.1) is 11.6 Å². The summed E-state index contributed by atoms with van der Waals surface area (Å²) in [6.07, 6.45) is 0.427. The minimum absolute atomic E-state index is 0.242. The van der Waals surface area contributed by atoms with E-state index >= 15 is 0 Å². The van der Waals surface area contributed by atoms with Crippen molar-refractivity contribution in [3.63, 3.8) is 0 Å². The van der Waals surface area contributed by atoms with Crippen LogP contribution in [0.3, 0.4) is 0 Å². The van der Waals surface area contributed by atoms with Crippen molar-refractivity contribution in [2.24, 2.45) is 5.14 Å². The van der Waals surface area contributed by atoms with E-state index in [1.54, 1.807) is 20.8 Å². The summed E-state index contributed by atoms with van der Waals surface area (Å²) in [6, 6.07) is 3.36. The molecule has 17 heavy (non-hydrogen) atoms. The highest BCUT2D eigenvalue weighted by Gasteiger charge is 2.27. The van der Waals surface area contributed by atoms with Gasteiger partial charge in [0.05, 0.1) is 15.7 Å². The highest BCUT2D eigenvalue weighted by atomic mass is 32.2. The fraction of sp³-hybridized carbons (Fsp3) is 0.500. The normalized spacial score (nSPS) is 15.6. The van der Waals surface area contributed by atoms with E-state index < -0.39 is 27.4 Å². The SMILES string of the molecule is C[C@@H](CC(C)(C)S(N)=O)c1cc(F)ccc1F. The maximum Gasteiger partial charge on any atom is 0.126 e. The van der Waals surface area contributed by atoms with E-state index in [0.29, 0.717) is 12.0 Å². The average molecular weight is 261 g/mol. The first-order chi connectivity index (χ1) is 7.74. The molecule has 1 unspecified atom stereocenters. The third-order valence-corrected chi connectivity index (χ3v) is 4.09. The summed E-state index contributed by atoms with van der Waals surface area (Å²) in [5.74, 6) is -1.16. The molecule has 0 saturated heterocycles. The zero-order valence-electron chi connectivity index (χ0n) is 10.2. The summed E-state index contributed by atoms with van der Waals surface area (Å²) in [6.45, 7) is 5.26. The van der Waals surface area contributed by atoms with Gasteiger partial charge in [-0.1, -0.05) is 6.92 Å². The molecule has 2 N–H and O–H groups in total. The molecule has 96 valence electrons. The Kier molecular flexibility index (Phi) is 4.38. The highest BCUT2D eigenvalue weighted by molar-refractivity contribution is 7.84. The first kappa shape index (κ1) is 14.3. The fourth-order valence-electron chi connectivity index (χ4n) is 1.82. The van der Waals surface area contributed by atoms with Crippen molar-refractivity contribution in [2.75, 3.05) is 0 Å². The standard InChI is InChI=1S/C12H17F2NOS/c1-8(7-12(2,3)17(15)16)10-6-9(13)4-5-11(10)14/h4-6,8H,7,15H2,1-3H3/t8-,17?/m0/s1. The Hall–Kier alpha value is -0.810. The van der Waals surface area contributed by atoms with Gasteiger partial charge in [0.25, 0.3) is 0 Å². The van der Waals surface area contributed by atoms with Gasteiger partial charge in [-0.15, -0.1) is 0 Å². The van der Waals surface area contributed by atoms with E-state index in [1.807, 2.05) is 0 Å². The van der Waals surface area contributed by atoms with Crippen LogP contribution in [-0.2, 0) is 11.0 Å². The van der Waals surface area contributed by atoms with E-state index in [2.05, 4.69) is 0 Å². The van der Waals surface area contributed by atoms with Crippen LogP contribution in [0.25, 0.3) is 0 Å². The molecule has 0 aliphatic carbocycles. The number of benzene rings is 1. The Labute approximate surface area is 103 Å². The summed E-state index contributed by atoms with van der Waals surface area (Å²) >= 11 is 0. The molecule has 0 bridgehead atoms. The Morgan fingerprint density at radius 3 is 2.53 bits per heavy atom. The summed E-state index contributed by atoms with van der Waals surface area (Å²) < 4.78 is 37.2. The second-order valence-electron chi connectivity index (χ2n) is 4.83. The molecule has 0 amide bonds. The zero-order valence-corrected chi connectivity index (χ0v) is 11.0. The molecule has 2 atom stereocenters. The first-order valence-electron chi connectivity index (χ1n) is 5.35. The van der Waals surface area contributed by atoms with E-state index in [1.165, 1.54) is 6.07 Å². The van der Waals surface area contributed by atoms with Crippen molar-refractivity contribution in [1.29, 1.82) is 0 Å². The van der Waals surface area contributed by atoms with Gasteiger partial charge in [0, 0.05) is 0 Å². The number of hydrogen-bond acceptors (Lipinski definition) is 1. The van der Waals surface area contributed by atoms with Crippen molar-refractivity contribution < 1.29 is 13.0 Å². The summed E-state index contributed by atoms with van der Waals surface area (Å²) in [5.41, 5.74) is 0.295. The summed E-state index contributed by atoms with van der Waals surface area (Å²) in [4.78, 5) is 0. The molecule has 0 aromatic heterocycles. The van der Waals surface area contributed by atoms with Crippen molar-refractivity contribution >= 4 is 11.0 Å². The van der Waals surface area contributed by atoms with Crippen LogP contribution in [0.1, 0.15) is 38.7 Å². The fourth-order valence-corrected chi connectivity index (χ4v) is 2.24. The van der Waals surface area contributed by atoms with Crippen molar-refractivity contribution in [3.8, 4) is 0 Å². The maximum atomic E-state index is 13.5. The third-order valence-electron chi connectivity index (χ3n) is 2.83. The van der Waals surface area contributed by atoms with Gasteiger partial charge in [-0.05, 0) is 49.9 Å². The molecule has 2 nitrogen and oxygen atoms in total. The molecule has 0 aliphatic heterocycles. The Morgan fingerprint density at radius 2 is 2.00 bits per heavy atom. The zero-order chi connectivity index (χ0) is 13.2. The van der Waals surface area contributed by atoms with Crippen LogP contribution in [0.4, 0.5) is 8.78 Å².